The highest BCUT2D eigenvalue weighted by Gasteiger charge is 2.23. The van der Waals surface area contributed by atoms with Crippen LogP contribution in [0.25, 0.3) is 0 Å². The van der Waals surface area contributed by atoms with Crippen molar-refractivity contribution in [3.8, 4) is 5.75 Å². The highest BCUT2D eigenvalue weighted by atomic mass is 16.6. The average Bonchev–Trinajstić information content (AvgIpc) is 3.08. The van der Waals surface area contributed by atoms with Crippen molar-refractivity contribution >= 4 is 6.09 Å². The summed E-state index contributed by atoms with van der Waals surface area (Å²) in [5.74, 6) is 2.00. The number of unbranched alkanes of at least 4 members (excludes halogenated alkanes) is 1. The number of nitrogens with zero attached hydrogens (tertiary/aromatic N) is 4. The van der Waals surface area contributed by atoms with Crippen LogP contribution in [0.3, 0.4) is 0 Å². The molecule has 0 aliphatic carbocycles. The van der Waals surface area contributed by atoms with E-state index in [9.17, 15) is 4.79 Å². The molecule has 3 rings (SSSR count). The molecule has 2 aromatic rings. The van der Waals surface area contributed by atoms with E-state index in [0.29, 0.717) is 37.1 Å². The second-order valence-electron chi connectivity index (χ2n) is 6.15. The van der Waals surface area contributed by atoms with E-state index in [-0.39, 0.29) is 6.09 Å². The topological polar surface area (TPSA) is 71.7 Å². The van der Waals surface area contributed by atoms with E-state index in [1.54, 1.807) is 17.0 Å². The molecule has 1 aliphatic heterocycles. The van der Waals surface area contributed by atoms with Crippen LogP contribution in [0.1, 0.15) is 31.5 Å². The summed E-state index contributed by atoms with van der Waals surface area (Å²) in [6.07, 6.45) is 2.71. The first-order chi connectivity index (χ1) is 12.2. The predicted octanol–water partition coefficient (Wildman–Crippen LogP) is 2.73. The van der Waals surface area contributed by atoms with Crippen molar-refractivity contribution < 1.29 is 14.1 Å². The number of aryl methyl sites for hydroxylation is 1. The number of benzene rings is 1. The van der Waals surface area contributed by atoms with Gasteiger partial charge in [0.25, 0.3) is 0 Å². The second-order valence-corrected chi connectivity index (χ2v) is 6.15. The summed E-state index contributed by atoms with van der Waals surface area (Å²) < 4.78 is 10.6. The van der Waals surface area contributed by atoms with Crippen molar-refractivity contribution in [2.24, 2.45) is 0 Å². The van der Waals surface area contributed by atoms with Gasteiger partial charge in [-0.05, 0) is 18.6 Å². The van der Waals surface area contributed by atoms with Gasteiger partial charge in [-0.15, -0.1) is 0 Å². The Morgan fingerprint density at radius 1 is 1.20 bits per heavy atom. The average molecular weight is 344 g/mol. The number of piperazine rings is 1. The molecular weight excluding hydrogens is 320 g/mol. The lowest BCUT2D eigenvalue weighted by atomic mass is 10.2. The molecule has 1 aromatic carbocycles. The Morgan fingerprint density at radius 3 is 2.68 bits per heavy atom. The molecule has 0 radical (unpaired) electrons. The monoisotopic (exact) mass is 344 g/mol. The molecule has 7 heteroatoms. The quantitative estimate of drug-likeness (QED) is 0.802. The Morgan fingerprint density at radius 2 is 1.96 bits per heavy atom. The third-order valence-corrected chi connectivity index (χ3v) is 4.20. The van der Waals surface area contributed by atoms with Gasteiger partial charge >= 0.3 is 6.09 Å². The Labute approximate surface area is 147 Å². The van der Waals surface area contributed by atoms with Gasteiger partial charge in [0.1, 0.15) is 5.75 Å². The molecule has 7 nitrogen and oxygen atoms in total. The van der Waals surface area contributed by atoms with E-state index in [1.165, 1.54) is 0 Å². The predicted molar refractivity (Wildman–Crippen MR) is 92.2 cm³/mol. The van der Waals surface area contributed by atoms with Crippen LogP contribution in [0, 0.1) is 0 Å². The van der Waals surface area contributed by atoms with E-state index >= 15 is 0 Å². The number of carbonyl (C=O) groups excluding carboxylic acids is 1. The van der Waals surface area contributed by atoms with Gasteiger partial charge in [0, 0.05) is 32.6 Å². The Bertz CT molecular complexity index is 666. The fourth-order valence-corrected chi connectivity index (χ4v) is 2.73. The van der Waals surface area contributed by atoms with Crippen LogP contribution in [0.4, 0.5) is 4.79 Å². The number of rotatable bonds is 6. The molecule has 1 aromatic heterocycles. The van der Waals surface area contributed by atoms with Crippen molar-refractivity contribution in [1.82, 2.24) is 19.9 Å². The number of para-hydroxylation sites is 1. The molecule has 0 spiro atoms. The number of carbonyl (C=O) groups is 1. The molecule has 0 atom stereocenters. The molecular formula is C18H24N4O3. The van der Waals surface area contributed by atoms with Crippen LogP contribution in [0.15, 0.2) is 34.9 Å². The van der Waals surface area contributed by atoms with Crippen molar-refractivity contribution in [3.63, 3.8) is 0 Å². The van der Waals surface area contributed by atoms with Crippen LogP contribution < -0.4 is 4.74 Å². The van der Waals surface area contributed by atoms with Gasteiger partial charge in [0.15, 0.2) is 5.82 Å². The SMILES string of the molecule is CCCCc1nc(CN2CCN(C(=O)Oc3ccccc3)CC2)no1. The molecule has 1 aliphatic rings. The van der Waals surface area contributed by atoms with Gasteiger partial charge < -0.3 is 14.2 Å². The number of amides is 1. The van der Waals surface area contributed by atoms with Gasteiger partial charge in [-0.25, -0.2) is 4.79 Å². The maximum Gasteiger partial charge on any atom is 0.415 e. The molecule has 1 fully saturated rings. The number of aromatic nitrogens is 2. The molecule has 25 heavy (non-hydrogen) atoms. The summed E-state index contributed by atoms with van der Waals surface area (Å²) in [6.45, 7) is 5.58. The van der Waals surface area contributed by atoms with Crippen molar-refractivity contribution in [3.05, 3.63) is 42.0 Å². The van der Waals surface area contributed by atoms with Crippen LogP contribution in [0.5, 0.6) is 5.75 Å². The summed E-state index contributed by atoms with van der Waals surface area (Å²) in [5.41, 5.74) is 0. The molecule has 0 N–H and O–H groups in total. The maximum atomic E-state index is 12.2. The van der Waals surface area contributed by atoms with Crippen LogP contribution in [0.2, 0.25) is 0 Å². The molecule has 134 valence electrons. The lowest BCUT2D eigenvalue weighted by molar-refractivity contribution is 0.106. The lowest BCUT2D eigenvalue weighted by Gasteiger charge is -2.33. The van der Waals surface area contributed by atoms with Crippen LogP contribution in [-0.2, 0) is 13.0 Å². The Balaban J connectivity index is 1.44. The van der Waals surface area contributed by atoms with Gasteiger partial charge in [-0.3, -0.25) is 4.90 Å². The van der Waals surface area contributed by atoms with E-state index in [1.807, 2.05) is 18.2 Å². The zero-order valence-corrected chi connectivity index (χ0v) is 14.6. The summed E-state index contributed by atoms with van der Waals surface area (Å²) >= 11 is 0. The van der Waals surface area contributed by atoms with Crippen molar-refractivity contribution in [2.75, 3.05) is 26.2 Å². The minimum Gasteiger partial charge on any atom is -0.410 e. The van der Waals surface area contributed by atoms with Gasteiger partial charge in [0.05, 0.1) is 6.54 Å². The van der Waals surface area contributed by atoms with E-state index in [2.05, 4.69) is 22.0 Å². The first-order valence-corrected chi connectivity index (χ1v) is 8.80. The number of ether oxygens (including phenoxy) is 1. The zero-order chi connectivity index (χ0) is 17.5. The van der Waals surface area contributed by atoms with Gasteiger partial charge in [-0.2, -0.15) is 4.98 Å². The minimum absolute atomic E-state index is 0.299. The molecule has 1 amide bonds. The Kier molecular flexibility index (Phi) is 6.00. The fourth-order valence-electron chi connectivity index (χ4n) is 2.73. The summed E-state index contributed by atoms with van der Waals surface area (Å²) in [7, 11) is 0. The summed E-state index contributed by atoms with van der Waals surface area (Å²) in [5, 5.41) is 4.04. The third kappa shape index (κ3) is 5.03. The van der Waals surface area contributed by atoms with E-state index in [0.717, 1.165) is 32.4 Å². The molecule has 2 heterocycles. The Hall–Kier alpha value is -2.41. The normalized spacial score (nSPS) is 15.3. The highest BCUT2D eigenvalue weighted by molar-refractivity contribution is 5.70. The van der Waals surface area contributed by atoms with Crippen molar-refractivity contribution in [2.45, 2.75) is 32.7 Å². The zero-order valence-electron chi connectivity index (χ0n) is 14.6. The number of hydrogen-bond donors (Lipinski definition) is 0. The fraction of sp³-hybridized carbons (Fsp3) is 0.500. The molecule has 1 saturated heterocycles. The smallest absolute Gasteiger partial charge is 0.410 e. The standard InChI is InChI=1S/C18H24N4O3/c1-2-3-9-17-19-16(20-25-17)14-21-10-12-22(13-11-21)18(23)24-15-7-5-4-6-8-15/h4-8H,2-3,9-14H2,1H3. The van der Waals surface area contributed by atoms with E-state index in [4.69, 9.17) is 9.26 Å². The second kappa shape index (κ2) is 8.62. The highest BCUT2D eigenvalue weighted by Crippen LogP contribution is 2.13. The lowest BCUT2D eigenvalue weighted by Crippen LogP contribution is -2.49. The van der Waals surface area contributed by atoms with Gasteiger partial charge in [0.2, 0.25) is 5.89 Å². The number of hydrogen-bond acceptors (Lipinski definition) is 6. The van der Waals surface area contributed by atoms with Gasteiger partial charge in [-0.1, -0.05) is 36.7 Å². The summed E-state index contributed by atoms with van der Waals surface area (Å²) in [4.78, 5) is 20.6. The third-order valence-electron chi connectivity index (χ3n) is 4.20. The van der Waals surface area contributed by atoms with Crippen molar-refractivity contribution in [1.29, 1.82) is 0 Å². The molecule has 0 saturated carbocycles. The first kappa shape index (κ1) is 17.4. The largest absolute Gasteiger partial charge is 0.415 e. The van der Waals surface area contributed by atoms with Crippen LogP contribution >= 0.6 is 0 Å². The molecule has 0 bridgehead atoms. The van der Waals surface area contributed by atoms with E-state index < -0.39 is 0 Å². The summed E-state index contributed by atoms with van der Waals surface area (Å²) in [6, 6.07) is 9.14. The first-order valence-electron chi connectivity index (χ1n) is 8.80. The maximum absolute atomic E-state index is 12.2. The minimum atomic E-state index is -0.299. The van der Waals surface area contributed by atoms with Crippen LogP contribution in [-0.4, -0.2) is 52.2 Å². The molecule has 0 unspecified atom stereocenters.